The maximum Gasteiger partial charge on any atom is 0.115 e. The average molecular weight is 323 g/mol. The molecule has 24 heavy (non-hydrogen) atoms. The third kappa shape index (κ3) is 2.79. The Kier molecular flexibility index (Phi) is 3.79. The molecule has 1 aromatic heterocycles. The monoisotopic (exact) mass is 323 g/mol. The van der Waals surface area contributed by atoms with Crippen molar-refractivity contribution in [3.05, 3.63) is 65.9 Å². The number of fused-ring (bicyclic) bond motifs is 1. The Morgan fingerprint density at radius 2 is 1.71 bits per heavy atom. The summed E-state index contributed by atoms with van der Waals surface area (Å²) in [6.45, 7) is 2.86. The average Bonchev–Trinajstić information content (AvgIpc) is 3.01. The fourth-order valence-corrected chi connectivity index (χ4v) is 3.80. The van der Waals surface area contributed by atoms with Crippen LogP contribution >= 0.6 is 0 Å². The summed E-state index contributed by atoms with van der Waals surface area (Å²) in [5, 5.41) is 21.7. The summed E-state index contributed by atoms with van der Waals surface area (Å²) in [5.74, 6) is 0.241. The number of likely N-dealkylation sites (tertiary alicyclic amines) is 1. The van der Waals surface area contributed by atoms with Crippen molar-refractivity contribution in [3.63, 3.8) is 0 Å². The van der Waals surface area contributed by atoms with Crippen LogP contribution < -0.4 is 4.90 Å². The molecular formula is C20H23N2O2+. The van der Waals surface area contributed by atoms with Crippen molar-refractivity contribution in [1.29, 1.82) is 0 Å². The summed E-state index contributed by atoms with van der Waals surface area (Å²) >= 11 is 0. The second-order valence-corrected chi connectivity index (χ2v) is 6.86. The summed E-state index contributed by atoms with van der Waals surface area (Å²) in [7, 11) is 0. The Hall–Kier alpha value is -2.30. The van der Waals surface area contributed by atoms with Crippen molar-refractivity contribution in [3.8, 4) is 5.75 Å². The highest BCUT2D eigenvalue weighted by atomic mass is 16.3. The number of quaternary nitrogens is 1. The van der Waals surface area contributed by atoms with Crippen LogP contribution in [-0.2, 0) is 12.1 Å². The molecule has 0 aliphatic carbocycles. The molecule has 1 aliphatic heterocycles. The van der Waals surface area contributed by atoms with Gasteiger partial charge in [0.25, 0.3) is 0 Å². The van der Waals surface area contributed by atoms with E-state index < -0.39 is 5.60 Å². The van der Waals surface area contributed by atoms with Gasteiger partial charge in [-0.1, -0.05) is 30.3 Å². The van der Waals surface area contributed by atoms with Crippen LogP contribution in [0.1, 0.15) is 24.0 Å². The molecule has 1 aliphatic rings. The number of para-hydroxylation sites is 1. The predicted molar refractivity (Wildman–Crippen MR) is 93.9 cm³/mol. The zero-order chi connectivity index (χ0) is 16.6. The normalized spacial score (nSPS) is 24.3. The number of hydrogen-bond donors (Lipinski definition) is 4. The van der Waals surface area contributed by atoms with E-state index in [2.05, 4.69) is 29.4 Å². The van der Waals surface area contributed by atoms with Crippen LogP contribution in [0, 0.1) is 0 Å². The first-order chi connectivity index (χ1) is 11.6. The number of aliphatic hydroxyl groups is 1. The van der Waals surface area contributed by atoms with E-state index in [1.54, 1.807) is 12.1 Å². The molecule has 0 atom stereocenters. The predicted octanol–water partition coefficient (Wildman–Crippen LogP) is 1.94. The number of piperidine rings is 1. The maximum atomic E-state index is 10.9. The van der Waals surface area contributed by atoms with E-state index in [1.165, 1.54) is 21.4 Å². The topological polar surface area (TPSA) is 60.7 Å². The molecule has 2 heterocycles. The summed E-state index contributed by atoms with van der Waals surface area (Å²) in [5.41, 5.74) is 2.67. The molecule has 4 nitrogen and oxygen atoms in total. The molecule has 0 bridgehead atoms. The number of phenols is 1. The van der Waals surface area contributed by atoms with Crippen molar-refractivity contribution >= 4 is 10.9 Å². The zero-order valence-corrected chi connectivity index (χ0v) is 13.6. The molecule has 124 valence electrons. The number of hydrogen-bond acceptors (Lipinski definition) is 2. The van der Waals surface area contributed by atoms with E-state index in [1.807, 2.05) is 18.2 Å². The Labute approximate surface area is 141 Å². The standard InChI is InChI=1S/C20H22N2O2/c23-17-7-5-16(6-8-17)20(24)9-11-22(12-10-20)14-15-13-21-19-4-2-1-3-18(15)19/h1-8,13,21,23-24H,9-12,14H2/p+1. The quantitative estimate of drug-likeness (QED) is 0.595. The summed E-state index contributed by atoms with van der Waals surface area (Å²) < 4.78 is 0. The first-order valence-corrected chi connectivity index (χ1v) is 8.54. The minimum atomic E-state index is -0.766. The molecule has 0 radical (unpaired) electrons. The van der Waals surface area contributed by atoms with Gasteiger partial charge in [-0.25, -0.2) is 0 Å². The van der Waals surface area contributed by atoms with Crippen molar-refractivity contribution < 1.29 is 15.1 Å². The van der Waals surface area contributed by atoms with Gasteiger partial charge in [0.05, 0.1) is 13.1 Å². The summed E-state index contributed by atoms with van der Waals surface area (Å²) in [4.78, 5) is 4.84. The summed E-state index contributed by atoms with van der Waals surface area (Å²) in [6.07, 6.45) is 3.60. The lowest BCUT2D eigenvalue weighted by molar-refractivity contribution is -0.921. The molecule has 1 fully saturated rings. The number of benzene rings is 2. The zero-order valence-electron chi connectivity index (χ0n) is 13.6. The highest BCUT2D eigenvalue weighted by molar-refractivity contribution is 5.82. The van der Waals surface area contributed by atoms with Gasteiger partial charge in [0.2, 0.25) is 0 Å². The molecule has 0 spiro atoms. The molecule has 4 rings (SSSR count). The largest absolute Gasteiger partial charge is 0.508 e. The SMILES string of the molecule is Oc1ccc(C2(O)CC[NH+](Cc3c[nH]c4ccccc34)CC2)cc1. The molecule has 0 unspecified atom stereocenters. The second kappa shape index (κ2) is 5.96. The van der Waals surface area contributed by atoms with E-state index in [0.29, 0.717) is 0 Å². The Balaban J connectivity index is 1.45. The van der Waals surface area contributed by atoms with Crippen molar-refractivity contribution in [2.75, 3.05) is 13.1 Å². The Morgan fingerprint density at radius 1 is 1.00 bits per heavy atom. The molecule has 3 aromatic rings. The molecule has 4 N–H and O–H groups in total. The van der Waals surface area contributed by atoms with Crippen LogP contribution in [0.4, 0.5) is 0 Å². The number of rotatable bonds is 3. The van der Waals surface area contributed by atoms with Gasteiger partial charge >= 0.3 is 0 Å². The third-order valence-corrected chi connectivity index (χ3v) is 5.30. The van der Waals surface area contributed by atoms with Gasteiger partial charge in [-0.2, -0.15) is 0 Å². The highest BCUT2D eigenvalue weighted by Gasteiger charge is 2.36. The number of aromatic amines is 1. The fourth-order valence-electron chi connectivity index (χ4n) is 3.80. The third-order valence-electron chi connectivity index (χ3n) is 5.30. The van der Waals surface area contributed by atoms with Crippen molar-refractivity contribution in [1.82, 2.24) is 4.98 Å². The van der Waals surface area contributed by atoms with Crippen LogP contribution in [0.3, 0.4) is 0 Å². The van der Waals surface area contributed by atoms with Gasteiger partial charge in [-0.05, 0) is 23.8 Å². The minimum Gasteiger partial charge on any atom is -0.508 e. The van der Waals surface area contributed by atoms with Crippen LogP contribution in [0.5, 0.6) is 5.75 Å². The van der Waals surface area contributed by atoms with Crippen LogP contribution in [0.2, 0.25) is 0 Å². The molecule has 4 heteroatoms. The molecule has 1 saturated heterocycles. The lowest BCUT2D eigenvalue weighted by atomic mass is 9.84. The van der Waals surface area contributed by atoms with Gasteiger partial charge in [-0.3, -0.25) is 0 Å². The lowest BCUT2D eigenvalue weighted by Gasteiger charge is -2.36. The van der Waals surface area contributed by atoms with Gasteiger partial charge in [0, 0.05) is 35.5 Å². The van der Waals surface area contributed by atoms with E-state index in [0.717, 1.165) is 38.0 Å². The van der Waals surface area contributed by atoms with E-state index in [9.17, 15) is 10.2 Å². The van der Waals surface area contributed by atoms with E-state index in [-0.39, 0.29) is 5.75 Å². The van der Waals surface area contributed by atoms with Gasteiger partial charge < -0.3 is 20.1 Å². The smallest absolute Gasteiger partial charge is 0.115 e. The fraction of sp³-hybridized carbons (Fsp3) is 0.300. The van der Waals surface area contributed by atoms with Crippen molar-refractivity contribution in [2.24, 2.45) is 0 Å². The van der Waals surface area contributed by atoms with Gasteiger partial charge in [0.1, 0.15) is 17.9 Å². The second-order valence-electron chi connectivity index (χ2n) is 6.86. The Bertz CT molecular complexity index is 830. The maximum absolute atomic E-state index is 10.9. The van der Waals surface area contributed by atoms with Gasteiger partial charge in [0.15, 0.2) is 0 Å². The first-order valence-electron chi connectivity index (χ1n) is 8.54. The van der Waals surface area contributed by atoms with Crippen molar-refractivity contribution in [2.45, 2.75) is 25.0 Å². The number of aromatic hydroxyl groups is 1. The number of aromatic nitrogens is 1. The van der Waals surface area contributed by atoms with Gasteiger partial charge in [-0.15, -0.1) is 0 Å². The highest BCUT2D eigenvalue weighted by Crippen LogP contribution is 2.30. The number of nitrogens with one attached hydrogen (secondary N) is 2. The number of H-pyrrole nitrogens is 1. The molecule has 0 amide bonds. The first kappa shape index (κ1) is 15.2. The molecule has 0 saturated carbocycles. The summed E-state index contributed by atoms with van der Waals surface area (Å²) in [6, 6.07) is 15.4. The molecule has 2 aromatic carbocycles. The number of phenolic OH excluding ortho intramolecular Hbond substituents is 1. The molecular weight excluding hydrogens is 300 g/mol. The van der Waals surface area contributed by atoms with E-state index in [4.69, 9.17) is 0 Å². The van der Waals surface area contributed by atoms with Crippen LogP contribution in [-0.4, -0.2) is 28.3 Å². The minimum absolute atomic E-state index is 0.241. The van der Waals surface area contributed by atoms with Crippen LogP contribution in [0.15, 0.2) is 54.7 Å². The van der Waals surface area contributed by atoms with E-state index >= 15 is 0 Å². The Morgan fingerprint density at radius 3 is 2.46 bits per heavy atom. The lowest BCUT2D eigenvalue weighted by Crippen LogP contribution is -3.12. The van der Waals surface area contributed by atoms with Crippen LogP contribution in [0.25, 0.3) is 10.9 Å².